The van der Waals surface area contributed by atoms with Gasteiger partial charge >= 0.3 is 0 Å². The Morgan fingerprint density at radius 3 is 2.57 bits per heavy atom. The van der Waals surface area contributed by atoms with Crippen LogP contribution in [0.4, 0.5) is 0 Å². The van der Waals surface area contributed by atoms with Crippen molar-refractivity contribution in [2.45, 2.75) is 25.9 Å². The maximum Gasteiger partial charge on any atom is 0.261 e. The smallest absolute Gasteiger partial charge is 0.261 e. The molecule has 0 bridgehead atoms. The third-order valence-electron chi connectivity index (χ3n) is 4.70. The van der Waals surface area contributed by atoms with E-state index in [4.69, 9.17) is 27.9 Å². The number of halogens is 2. The van der Waals surface area contributed by atoms with E-state index < -0.39 is 9.84 Å². The van der Waals surface area contributed by atoms with E-state index in [-0.39, 0.29) is 36.6 Å². The molecular weight excluding hydrogens is 421 g/mol. The molecule has 2 aromatic carbocycles. The number of amides is 1. The van der Waals surface area contributed by atoms with Gasteiger partial charge in [-0.05, 0) is 54.8 Å². The summed E-state index contributed by atoms with van der Waals surface area (Å²) in [7, 11) is -3.13. The summed E-state index contributed by atoms with van der Waals surface area (Å²) in [5, 5.41) is 1.16. The SMILES string of the molecule is Cc1cc(Cl)ccc1OCC(=O)N(Cc1cccc(Cl)c1)[C@H]1CCS(=O)(=O)C1. The Balaban J connectivity index is 1.76. The monoisotopic (exact) mass is 441 g/mol. The van der Waals surface area contributed by atoms with Crippen molar-refractivity contribution < 1.29 is 17.9 Å². The zero-order valence-corrected chi connectivity index (χ0v) is 17.7. The zero-order valence-electron chi connectivity index (χ0n) is 15.4. The lowest BCUT2D eigenvalue weighted by Gasteiger charge is -2.28. The van der Waals surface area contributed by atoms with E-state index in [9.17, 15) is 13.2 Å². The summed E-state index contributed by atoms with van der Waals surface area (Å²) in [6.45, 7) is 1.95. The average Bonchev–Trinajstić information content (AvgIpc) is 2.98. The number of rotatable bonds is 6. The fourth-order valence-corrected chi connectivity index (χ4v) is 5.44. The average molecular weight is 442 g/mol. The van der Waals surface area contributed by atoms with Crippen molar-refractivity contribution >= 4 is 38.9 Å². The Labute approximate surface area is 175 Å². The summed E-state index contributed by atoms with van der Waals surface area (Å²) in [5.41, 5.74) is 1.66. The number of hydrogen-bond donors (Lipinski definition) is 0. The topological polar surface area (TPSA) is 63.7 Å². The first-order chi connectivity index (χ1) is 13.2. The van der Waals surface area contributed by atoms with E-state index in [0.717, 1.165) is 11.1 Å². The number of benzene rings is 2. The van der Waals surface area contributed by atoms with Crippen molar-refractivity contribution in [3.05, 3.63) is 63.6 Å². The first kappa shape index (κ1) is 21.0. The molecule has 0 saturated carbocycles. The second-order valence-corrected chi connectivity index (χ2v) is 10.0. The van der Waals surface area contributed by atoms with Crippen LogP contribution in [-0.4, -0.2) is 43.4 Å². The van der Waals surface area contributed by atoms with Crippen LogP contribution in [0.5, 0.6) is 5.75 Å². The first-order valence-electron chi connectivity index (χ1n) is 8.87. The summed E-state index contributed by atoms with van der Waals surface area (Å²) in [6.07, 6.45) is 0.425. The van der Waals surface area contributed by atoms with Gasteiger partial charge in [-0.2, -0.15) is 0 Å². The summed E-state index contributed by atoms with van der Waals surface area (Å²) in [5.74, 6) is 0.365. The highest BCUT2D eigenvalue weighted by molar-refractivity contribution is 7.91. The third-order valence-corrected chi connectivity index (χ3v) is 6.92. The number of sulfone groups is 1. The van der Waals surface area contributed by atoms with Gasteiger partial charge in [0, 0.05) is 22.6 Å². The minimum Gasteiger partial charge on any atom is -0.483 e. The molecular formula is C20H21Cl2NO4S. The Bertz CT molecular complexity index is 978. The van der Waals surface area contributed by atoms with E-state index in [1.54, 1.807) is 41.3 Å². The van der Waals surface area contributed by atoms with Crippen LogP contribution in [-0.2, 0) is 21.2 Å². The van der Waals surface area contributed by atoms with Gasteiger partial charge in [0.05, 0.1) is 11.5 Å². The zero-order chi connectivity index (χ0) is 20.3. The normalized spacial score (nSPS) is 18.0. The van der Waals surface area contributed by atoms with Gasteiger partial charge in [0.2, 0.25) is 0 Å². The van der Waals surface area contributed by atoms with Gasteiger partial charge in [-0.25, -0.2) is 8.42 Å². The molecule has 1 atom stereocenters. The Hall–Kier alpha value is -1.76. The van der Waals surface area contributed by atoms with Gasteiger partial charge in [0.15, 0.2) is 16.4 Å². The van der Waals surface area contributed by atoms with Gasteiger partial charge in [0.1, 0.15) is 5.75 Å². The van der Waals surface area contributed by atoms with Crippen LogP contribution in [0.1, 0.15) is 17.5 Å². The van der Waals surface area contributed by atoms with Crippen molar-refractivity contribution in [1.82, 2.24) is 4.90 Å². The largest absolute Gasteiger partial charge is 0.483 e. The summed E-state index contributed by atoms with van der Waals surface area (Å²) >= 11 is 12.0. The molecule has 0 aliphatic carbocycles. The molecule has 0 N–H and O–H groups in total. The Morgan fingerprint density at radius 2 is 1.93 bits per heavy atom. The van der Waals surface area contributed by atoms with Gasteiger partial charge in [0.25, 0.3) is 5.91 Å². The second kappa shape index (κ2) is 8.72. The van der Waals surface area contributed by atoms with Crippen LogP contribution in [0.25, 0.3) is 0 Å². The van der Waals surface area contributed by atoms with E-state index in [2.05, 4.69) is 0 Å². The predicted octanol–water partition coefficient (Wildman–Crippen LogP) is 3.90. The van der Waals surface area contributed by atoms with Crippen LogP contribution in [0.3, 0.4) is 0 Å². The molecule has 3 rings (SSSR count). The molecule has 0 aromatic heterocycles. The fourth-order valence-electron chi connectivity index (χ4n) is 3.27. The van der Waals surface area contributed by atoms with E-state index >= 15 is 0 Å². The van der Waals surface area contributed by atoms with Crippen molar-refractivity contribution in [1.29, 1.82) is 0 Å². The lowest BCUT2D eigenvalue weighted by Crippen LogP contribution is -2.43. The molecule has 1 aliphatic rings. The van der Waals surface area contributed by atoms with E-state index in [1.807, 2.05) is 13.0 Å². The van der Waals surface area contributed by atoms with Gasteiger partial charge < -0.3 is 9.64 Å². The molecule has 2 aromatic rings. The maximum absolute atomic E-state index is 12.9. The quantitative estimate of drug-likeness (QED) is 0.681. The minimum atomic E-state index is -3.13. The fraction of sp³-hybridized carbons (Fsp3) is 0.350. The second-order valence-electron chi connectivity index (χ2n) is 6.91. The summed E-state index contributed by atoms with van der Waals surface area (Å²) in [4.78, 5) is 14.5. The van der Waals surface area contributed by atoms with Crippen molar-refractivity contribution in [3.63, 3.8) is 0 Å². The Kier molecular flexibility index (Phi) is 6.53. The summed E-state index contributed by atoms with van der Waals surface area (Å²) in [6, 6.07) is 12.0. The first-order valence-corrected chi connectivity index (χ1v) is 11.4. The van der Waals surface area contributed by atoms with Crippen molar-refractivity contribution in [2.75, 3.05) is 18.1 Å². The molecule has 1 saturated heterocycles. The molecule has 1 aliphatic heterocycles. The molecule has 0 radical (unpaired) electrons. The van der Waals surface area contributed by atoms with Gasteiger partial charge in [-0.3, -0.25) is 4.79 Å². The van der Waals surface area contributed by atoms with Crippen LogP contribution in [0.15, 0.2) is 42.5 Å². The lowest BCUT2D eigenvalue weighted by molar-refractivity contribution is -0.136. The molecule has 5 nitrogen and oxygen atoms in total. The highest BCUT2D eigenvalue weighted by atomic mass is 35.5. The number of carbonyl (C=O) groups excluding carboxylic acids is 1. The number of nitrogens with zero attached hydrogens (tertiary/aromatic N) is 1. The maximum atomic E-state index is 12.9. The molecule has 150 valence electrons. The minimum absolute atomic E-state index is 0.0285. The van der Waals surface area contributed by atoms with Crippen LogP contribution >= 0.6 is 23.2 Å². The molecule has 1 fully saturated rings. The molecule has 0 spiro atoms. The van der Waals surface area contributed by atoms with E-state index in [1.165, 1.54) is 0 Å². The number of ether oxygens (including phenoxy) is 1. The standard InChI is InChI=1S/C20H21Cl2NO4S/c1-14-9-17(22)5-6-19(14)27-12-20(24)23(18-7-8-28(25,26)13-18)11-15-3-2-4-16(21)10-15/h2-6,9-10,18H,7-8,11-13H2,1H3/t18-/m0/s1. The van der Waals surface area contributed by atoms with Crippen LogP contribution in [0, 0.1) is 6.92 Å². The Morgan fingerprint density at radius 1 is 1.18 bits per heavy atom. The van der Waals surface area contributed by atoms with Gasteiger partial charge in [-0.1, -0.05) is 35.3 Å². The van der Waals surface area contributed by atoms with Gasteiger partial charge in [-0.15, -0.1) is 0 Å². The molecule has 1 heterocycles. The molecule has 1 amide bonds. The third kappa shape index (κ3) is 5.40. The van der Waals surface area contributed by atoms with E-state index in [0.29, 0.717) is 22.2 Å². The van der Waals surface area contributed by atoms with Crippen LogP contribution < -0.4 is 4.74 Å². The molecule has 8 heteroatoms. The summed E-state index contributed by atoms with van der Waals surface area (Å²) < 4.78 is 29.5. The number of carbonyl (C=O) groups is 1. The molecule has 28 heavy (non-hydrogen) atoms. The van der Waals surface area contributed by atoms with Crippen LogP contribution in [0.2, 0.25) is 10.0 Å². The highest BCUT2D eigenvalue weighted by Gasteiger charge is 2.34. The predicted molar refractivity (Wildman–Crippen MR) is 111 cm³/mol. The van der Waals surface area contributed by atoms with Crippen molar-refractivity contribution in [3.8, 4) is 5.75 Å². The highest BCUT2D eigenvalue weighted by Crippen LogP contribution is 2.24. The number of aryl methyl sites for hydroxylation is 1. The molecule has 0 unspecified atom stereocenters. The number of hydrogen-bond acceptors (Lipinski definition) is 4. The van der Waals surface area contributed by atoms with Crippen molar-refractivity contribution in [2.24, 2.45) is 0 Å². The lowest BCUT2D eigenvalue weighted by atomic mass is 10.1.